The maximum Gasteiger partial charge on any atom is 0.439 e. The predicted octanol–water partition coefficient (Wildman–Crippen LogP) is 1.35. The first-order chi connectivity index (χ1) is 19.7. The van der Waals surface area contributed by atoms with Crippen molar-refractivity contribution in [2.24, 2.45) is 0 Å². The van der Waals surface area contributed by atoms with Crippen molar-refractivity contribution < 1.29 is 37.9 Å². The molecule has 2 aromatic carbocycles. The van der Waals surface area contributed by atoms with Crippen molar-refractivity contribution >= 4 is 52.4 Å². The van der Waals surface area contributed by atoms with Crippen LogP contribution in [0.15, 0.2) is 51.8 Å². The van der Waals surface area contributed by atoms with E-state index in [-0.39, 0.29) is 42.2 Å². The third kappa shape index (κ3) is 6.14. The van der Waals surface area contributed by atoms with Crippen LogP contribution in [0.5, 0.6) is 0 Å². The Labute approximate surface area is 237 Å². The van der Waals surface area contributed by atoms with Gasteiger partial charge in [-0.1, -0.05) is 22.8 Å². The van der Waals surface area contributed by atoms with E-state index < -0.39 is 35.7 Å². The molecule has 2 atom stereocenters. The largest absolute Gasteiger partial charge is 0.449 e. The molecule has 0 aliphatic carbocycles. The molecule has 214 valence electrons. The summed E-state index contributed by atoms with van der Waals surface area (Å²) < 4.78 is 20.6. The predicted molar refractivity (Wildman–Crippen MR) is 143 cm³/mol. The minimum absolute atomic E-state index is 0.0321. The topological polar surface area (TPSA) is 173 Å². The van der Waals surface area contributed by atoms with Gasteiger partial charge < -0.3 is 29.3 Å². The molecule has 2 saturated heterocycles. The number of halogens is 1. The van der Waals surface area contributed by atoms with Gasteiger partial charge in [0.15, 0.2) is 11.9 Å². The first-order valence-corrected chi connectivity index (χ1v) is 12.8. The number of esters is 1. The van der Waals surface area contributed by atoms with Crippen molar-refractivity contribution in [3.8, 4) is 11.4 Å². The lowest BCUT2D eigenvalue weighted by Crippen LogP contribution is -2.56. The number of amides is 3. The van der Waals surface area contributed by atoms with Gasteiger partial charge in [-0.2, -0.15) is 0 Å². The monoisotopic (exact) mass is 585 g/mol. The Hall–Kier alpha value is -4.53. The number of nitrogens with one attached hydrogen (secondary N) is 2. The number of nitrogens with zero attached hydrogens (tertiary/aromatic N) is 3. The zero-order valence-corrected chi connectivity index (χ0v) is 22.4. The van der Waals surface area contributed by atoms with Crippen molar-refractivity contribution in [1.29, 1.82) is 0 Å². The SMILES string of the molecule is CC(=O)OC(C(=O)Nc1ccc(-c2noc(=O)[nH]2)c(Cl)c1)C1OCCN(c2cccc(N3CCOCC3=O)c2)C1=O. The Kier molecular flexibility index (Phi) is 8.14. The Bertz CT molecular complexity index is 1550. The van der Waals surface area contributed by atoms with E-state index in [0.29, 0.717) is 30.1 Å². The number of aromatic amines is 1. The van der Waals surface area contributed by atoms with Gasteiger partial charge in [-0.05, 0) is 36.4 Å². The molecule has 2 N–H and O–H groups in total. The van der Waals surface area contributed by atoms with E-state index in [9.17, 15) is 24.0 Å². The quantitative estimate of drug-likeness (QED) is 0.385. The second-order valence-electron chi connectivity index (χ2n) is 9.06. The van der Waals surface area contributed by atoms with Crippen LogP contribution in [0.3, 0.4) is 0 Å². The highest BCUT2D eigenvalue weighted by atomic mass is 35.5. The highest BCUT2D eigenvalue weighted by Crippen LogP contribution is 2.29. The molecule has 0 bridgehead atoms. The smallest absolute Gasteiger partial charge is 0.439 e. The average molecular weight is 586 g/mol. The summed E-state index contributed by atoms with van der Waals surface area (Å²) in [4.78, 5) is 67.7. The zero-order chi connectivity index (χ0) is 29.1. The van der Waals surface area contributed by atoms with E-state index in [1.807, 2.05) is 0 Å². The molecule has 1 aromatic heterocycles. The molecule has 2 aliphatic rings. The summed E-state index contributed by atoms with van der Waals surface area (Å²) in [7, 11) is 0. The molecule has 15 heteroatoms. The standard InChI is InChI=1S/C26H24ClN5O9/c1-14(33)40-21(24(35)28-15-5-6-18(19(27)11-15)23-29-26(37)41-30-23)22-25(36)32(8-10-39-22)17-4-2-3-16(12-17)31-7-9-38-13-20(31)34/h2-6,11-12,21-22H,7-10,13H2,1H3,(H,28,35)(H,29,30,37). The number of carbonyl (C=O) groups is 4. The van der Waals surface area contributed by atoms with Crippen LogP contribution < -0.4 is 20.9 Å². The number of rotatable bonds is 7. The van der Waals surface area contributed by atoms with Crippen molar-refractivity contribution in [3.63, 3.8) is 0 Å². The lowest BCUT2D eigenvalue weighted by molar-refractivity contribution is -0.167. The maximum absolute atomic E-state index is 13.6. The molecule has 5 rings (SSSR count). The number of hydrogen-bond acceptors (Lipinski definition) is 10. The summed E-state index contributed by atoms with van der Waals surface area (Å²) in [5, 5.41) is 6.29. The van der Waals surface area contributed by atoms with Crippen molar-refractivity contribution in [1.82, 2.24) is 10.1 Å². The van der Waals surface area contributed by atoms with E-state index in [0.717, 1.165) is 6.92 Å². The first-order valence-electron chi connectivity index (χ1n) is 12.5. The van der Waals surface area contributed by atoms with Gasteiger partial charge in [-0.3, -0.25) is 28.7 Å². The molecular formula is C26H24ClN5O9. The Morgan fingerprint density at radius 1 is 1.10 bits per heavy atom. The van der Waals surface area contributed by atoms with Crippen molar-refractivity contribution in [2.45, 2.75) is 19.1 Å². The van der Waals surface area contributed by atoms with Crippen LogP contribution in [0.2, 0.25) is 5.02 Å². The highest BCUT2D eigenvalue weighted by molar-refractivity contribution is 6.33. The summed E-state index contributed by atoms with van der Waals surface area (Å²) in [5.74, 6) is -3.09. The van der Waals surface area contributed by atoms with Gasteiger partial charge in [0.25, 0.3) is 17.7 Å². The second kappa shape index (κ2) is 11.9. The number of aromatic nitrogens is 2. The Morgan fingerprint density at radius 2 is 1.85 bits per heavy atom. The normalized spacial score (nSPS) is 18.2. The fraction of sp³-hybridized carbons (Fsp3) is 0.308. The van der Waals surface area contributed by atoms with E-state index >= 15 is 0 Å². The van der Waals surface area contributed by atoms with Gasteiger partial charge in [0.2, 0.25) is 6.10 Å². The minimum atomic E-state index is -1.63. The lowest BCUT2D eigenvalue weighted by Gasteiger charge is -2.35. The second-order valence-corrected chi connectivity index (χ2v) is 9.46. The van der Waals surface area contributed by atoms with Gasteiger partial charge >= 0.3 is 11.7 Å². The summed E-state index contributed by atoms with van der Waals surface area (Å²) in [6, 6.07) is 11.2. The van der Waals surface area contributed by atoms with E-state index in [2.05, 4.69) is 20.0 Å². The number of H-pyrrole nitrogens is 1. The Balaban J connectivity index is 1.35. The molecule has 0 saturated carbocycles. The number of benzene rings is 2. The fourth-order valence-corrected chi connectivity index (χ4v) is 4.74. The molecule has 3 heterocycles. The molecule has 0 spiro atoms. The van der Waals surface area contributed by atoms with Crippen LogP contribution in [0, 0.1) is 0 Å². The molecule has 2 aliphatic heterocycles. The fourth-order valence-electron chi connectivity index (χ4n) is 4.47. The van der Waals surface area contributed by atoms with Crippen LogP contribution in [0.1, 0.15) is 6.92 Å². The van der Waals surface area contributed by atoms with Gasteiger partial charge in [0, 0.05) is 42.6 Å². The molecule has 2 fully saturated rings. The minimum Gasteiger partial charge on any atom is -0.449 e. The molecule has 3 aromatic rings. The number of morpholine rings is 2. The van der Waals surface area contributed by atoms with Gasteiger partial charge in [-0.25, -0.2) is 4.79 Å². The first kappa shape index (κ1) is 28.0. The molecule has 0 radical (unpaired) electrons. The third-order valence-corrected chi connectivity index (χ3v) is 6.63. The van der Waals surface area contributed by atoms with Gasteiger partial charge in [-0.15, -0.1) is 0 Å². The van der Waals surface area contributed by atoms with E-state index in [1.54, 1.807) is 29.2 Å². The summed E-state index contributed by atoms with van der Waals surface area (Å²) in [6.07, 6.45) is -3.08. The van der Waals surface area contributed by atoms with Crippen LogP contribution in [0.4, 0.5) is 17.1 Å². The molecule has 41 heavy (non-hydrogen) atoms. The number of carbonyl (C=O) groups excluding carboxylic acids is 4. The summed E-state index contributed by atoms with van der Waals surface area (Å²) in [6.45, 7) is 2.07. The maximum atomic E-state index is 13.6. The zero-order valence-electron chi connectivity index (χ0n) is 21.6. The van der Waals surface area contributed by atoms with Gasteiger partial charge in [0.1, 0.15) is 6.61 Å². The van der Waals surface area contributed by atoms with E-state index in [1.165, 1.54) is 23.1 Å². The van der Waals surface area contributed by atoms with Crippen LogP contribution in [-0.2, 0) is 33.4 Å². The molecule has 14 nitrogen and oxygen atoms in total. The van der Waals surface area contributed by atoms with Gasteiger partial charge in [0.05, 0.1) is 18.2 Å². The summed E-state index contributed by atoms with van der Waals surface area (Å²) >= 11 is 6.30. The molecule has 3 amide bonds. The number of anilines is 3. The number of hydrogen-bond donors (Lipinski definition) is 2. The van der Waals surface area contributed by atoms with Crippen LogP contribution in [0.25, 0.3) is 11.4 Å². The lowest BCUT2D eigenvalue weighted by atomic mass is 10.1. The van der Waals surface area contributed by atoms with Crippen molar-refractivity contribution in [2.75, 3.05) is 48.0 Å². The molecular weight excluding hydrogens is 562 g/mol. The van der Waals surface area contributed by atoms with Crippen molar-refractivity contribution in [3.05, 3.63) is 58.0 Å². The Morgan fingerprint density at radius 3 is 2.54 bits per heavy atom. The summed E-state index contributed by atoms with van der Waals surface area (Å²) in [5.41, 5.74) is 1.63. The third-order valence-electron chi connectivity index (χ3n) is 6.32. The average Bonchev–Trinajstić information content (AvgIpc) is 3.38. The van der Waals surface area contributed by atoms with Crippen LogP contribution >= 0.6 is 11.6 Å². The highest BCUT2D eigenvalue weighted by Gasteiger charge is 2.42. The number of ether oxygens (including phenoxy) is 3. The van der Waals surface area contributed by atoms with Crippen LogP contribution in [-0.4, -0.2) is 78.9 Å². The van der Waals surface area contributed by atoms with E-state index in [4.69, 9.17) is 25.8 Å². The molecule has 2 unspecified atom stereocenters.